The first-order valence-electron chi connectivity index (χ1n) is 8.31. The van der Waals surface area contributed by atoms with E-state index in [0.29, 0.717) is 19.3 Å². The lowest BCUT2D eigenvalue weighted by molar-refractivity contribution is -0.317. The Bertz CT molecular complexity index is 705. The second kappa shape index (κ2) is 6.86. The van der Waals surface area contributed by atoms with Crippen molar-refractivity contribution in [3.8, 4) is 5.75 Å². The predicted octanol–water partition coefficient (Wildman–Crippen LogP) is 3.23. The minimum atomic E-state index is -5.06. The number of aliphatic hydroxyl groups is 1. The van der Waals surface area contributed by atoms with Crippen LogP contribution in [-0.4, -0.2) is 40.2 Å². The third-order valence-electron chi connectivity index (χ3n) is 4.69. The molecule has 1 fully saturated rings. The SMILES string of the molecule is O=C(COc1ccc(F)cc1)N1N=C2CCCCC[C@@H]2[C@]1(O)C(F)(F)F. The Morgan fingerprint density at radius 2 is 1.96 bits per heavy atom. The highest BCUT2D eigenvalue weighted by molar-refractivity contribution is 5.93. The molecule has 0 radical (unpaired) electrons. The molecule has 0 unspecified atom stereocenters. The number of ether oxygens (including phenoxy) is 1. The van der Waals surface area contributed by atoms with Crippen molar-refractivity contribution in [3.05, 3.63) is 30.1 Å². The van der Waals surface area contributed by atoms with Crippen LogP contribution in [0.15, 0.2) is 29.4 Å². The number of rotatable bonds is 3. The molecule has 1 saturated carbocycles. The normalized spacial score (nSPS) is 26.1. The number of hydrogen-bond acceptors (Lipinski definition) is 4. The van der Waals surface area contributed by atoms with Gasteiger partial charge in [-0.3, -0.25) is 4.79 Å². The van der Waals surface area contributed by atoms with Crippen LogP contribution in [0.2, 0.25) is 0 Å². The largest absolute Gasteiger partial charge is 0.484 e. The van der Waals surface area contributed by atoms with E-state index in [0.717, 1.165) is 18.6 Å². The van der Waals surface area contributed by atoms with Crippen molar-refractivity contribution in [1.82, 2.24) is 5.01 Å². The maximum absolute atomic E-state index is 13.7. The van der Waals surface area contributed by atoms with Crippen molar-refractivity contribution in [2.24, 2.45) is 11.0 Å². The molecule has 0 saturated heterocycles. The monoisotopic (exact) mass is 374 g/mol. The Kier molecular flexibility index (Phi) is 4.92. The molecule has 9 heteroatoms. The van der Waals surface area contributed by atoms with Crippen molar-refractivity contribution >= 4 is 11.6 Å². The zero-order valence-electron chi connectivity index (χ0n) is 13.8. The number of fused-ring (bicyclic) bond motifs is 1. The minimum Gasteiger partial charge on any atom is -0.484 e. The molecule has 1 heterocycles. The summed E-state index contributed by atoms with van der Waals surface area (Å²) < 4.78 is 59.0. The van der Waals surface area contributed by atoms with Gasteiger partial charge in [-0.25, -0.2) is 4.39 Å². The molecule has 0 spiro atoms. The van der Waals surface area contributed by atoms with Gasteiger partial charge in [0.15, 0.2) is 6.61 Å². The molecule has 1 aliphatic carbocycles. The molecule has 142 valence electrons. The Morgan fingerprint density at radius 3 is 2.62 bits per heavy atom. The summed E-state index contributed by atoms with van der Waals surface area (Å²) in [4.78, 5) is 12.3. The Hall–Kier alpha value is -2.16. The number of amides is 1. The van der Waals surface area contributed by atoms with Gasteiger partial charge in [0.2, 0.25) is 0 Å². The van der Waals surface area contributed by atoms with E-state index in [-0.39, 0.29) is 22.9 Å². The van der Waals surface area contributed by atoms with E-state index >= 15 is 0 Å². The highest BCUT2D eigenvalue weighted by Crippen LogP contribution is 2.47. The number of hydrazone groups is 1. The molecule has 1 amide bonds. The molecule has 5 nitrogen and oxygen atoms in total. The number of halogens is 4. The number of hydrogen-bond donors (Lipinski definition) is 1. The molecular weight excluding hydrogens is 356 g/mol. The van der Waals surface area contributed by atoms with E-state index in [1.165, 1.54) is 12.1 Å². The van der Waals surface area contributed by atoms with Crippen LogP contribution in [0.25, 0.3) is 0 Å². The molecule has 1 aromatic rings. The van der Waals surface area contributed by atoms with Crippen LogP contribution in [0, 0.1) is 11.7 Å². The van der Waals surface area contributed by atoms with Gasteiger partial charge in [-0.05, 0) is 43.5 Å². The van der Waals surface area contributed by atoms with Gasteiger partial charge in [0.05, 0.1) is 5.92 Å². The first-order chi connectivity index (χ1) is 12.2. The fourth-order valence-electron chi connectivity index (χ4n) is 3.38. The van der Waals surface area contributed by atoms with Crippen molar-refractivity contribution in [3.63, 3.8) is 0 Å². The molecule has 0 aromatic heterocycles. The van der Waals surface area contributed by atoms with E-state index in [4.69, 9.17) is 4.74 Å². The van der Waals surface area contributed by atoms with Gasteiger partial charge in [-0.1, -0.05) is 12.8 Å². The quantitative estimate of drug-likeness (QED) is 0.827. The molecule has 3 rings (SSSR count). The van der Waals surface area contributed by atoms with Gasteiger partial charge < -0.3 is 9.84 Å². The number of carbonyl (C=O) groups excluding carboxylic acids is 1. The van der Waals surface area contributed by atoms with E-state index in [1.807, 2.05) is 0 Å². The molecule has 1 N–H and O–H groups in total. The van der Waals surface area contributed by atoms with Crippen molar-refractivity contribution in [1.29, 1.82) is 0 Å². The summed E-state index contributed by atoms with van der Waals surface area (Å²) in [6.45, 7) is -0.756. The summed E-state index contributed by atoms with van der Waals surface area (Å²) in [5, 5.41) is 14.4. The van der Waals surface area contributed by atoms with Crippen LogP contribution in [-0.2, 0) is 4.79 Å². The fourth-order valence-corrected chi connectivity index (χ4v) is 3.38. The zero-order valence-corrected chi connectivity index (χ0v) is 13.8. The van der Waals surface area contributed by atoms with Gasteiger partial charge >= 0.3 is 6.18 Å². The number of benzene rings is 1. The summed E-state index contributed by atoms with van der Waals surface area (Å²) in [6.07, 6.45) is -2.69. The summed E-state index contributed by atoms with van der Waals surface area (Å²) in [5.41, 5.74) is -3.17. The molecule has 2 atom stereocenters. The minimum absolute atomic E-state index is 0.109. The van der Waals surface area contributed by atoms with E-state index in [9.17, 15) is 27.5 Å². The Labute approximate surface area is 147 Å². The summed E-state index contributed by atoms with van der Waals surface area (Å²) in [7, 11) is 0. The lowest BCUT2D eigenvalue weighted by Crippen LogP contribution is -2.61. The fraction of sp³-hybridized carbons (Fsp3) is 0.529. The highest BCUT2D eigenvalue weighted by atomic mass is 19.4. The average Bonchev–Trinajstić information content (AvgIpc) is 2.74. The van der Waals surface area contributed by atoms with Gasteiger partial charge in [0, 0.05) is 5.71 Å². The smallest absolute Gasteiger partial charge is 0.439 e. The number of nitrogens with zero attached hydrogens (tertiary/aromatic N) is 2. The maximum Gasteiger partial charge on any atom is 0.439 e. The van der Waals surface area contributed by atoms with E-state index < -0.39 is 36.2 Å². The highest BCUT2D eigenvalue weighted by Gasteiger charge is 2.68. The van der Waals surface area contributed by atoms with Crippen molar-refractivity contribution < 1.29 is 32.2 Å². The third kappa shape index (κ3) is 3.27. The first kappa shape index (κ1) is 18.6. The topological polar surface area (TPSA) is 62.1 Å². The zero-order chi connectivity index (χ0) is 18.9. The molecule has 26 heavy (non-hydrogen) atoms. The summed E-state index contributed by atoms with van der Waals surface area (Å²) in [5.74, 6) is -2.77. The van der Waals surface area contributed by atoms with Crippen LogP contribution >= 0.6 is 0 Å². The van der Waals surface area contributed by atoms with Gasteiger partial charge in [-0.2, -0.15) is 23.3 Å². The average molecular weight is 374 g/mol. The van der Waals surface area contributed by atoms with Crippen molar-refractivity contribution in [2.45, 2.75) is 44.0 Å². The number of carbonyl (C=O) groups is 1. The summed E-state index contributed by atoms with van der Waals surface area (Å²) >= 11 is 0. The van der Waals surface area contributed by atoms with Crippen LogP contribution in [0.4, 0.5) is 17.6 Å². The van der Waals surface area contributed by atoms with E-state index in [2.05, 4.69) is 5.10 Å². The van der Waals surface area contributed by atoms with Crippen LogP contribution in [0.5, 0.6) is 5.75 Å². The van der Waals surface area contributed by atoms with Crippen LogP contribution in [0.1, 0.15) is 32.1 Å². The third-order valence-corrected chi connectivity index (χ3v) is 4.69. The maximum atomic E-state index is 13.7. The Morgan fingerprint density at radius 1 is 1.27 bits per heavy atom. The van der Waals surface area contributed by atoms with Gasteiger partial charge in [-0.15, -0.1) is 0 Å². The van der Waals surface area contributed by atoms with Gasteiger partial charge in [0.25, 0.3) is 11.6 Å². The number of alkyl halides is 3. The predicted molar refractivity (Wildman–Crippen MR) is 83.8 cm³/mol. The molecule has 0 bridgehead atoms. The lowest BCUT2D eigenvalue weighted by Gasteiger charge is -2.37. The van der Waals surface area contributed by atoms with Crippen LogP contribution < -0.4 is 4.74 Å². The van der Waals surface area contributed by atoms with Crippen LogP contribution in [0.3, 0.4) is 0 Å². The van der Waals surface area contributed by atoms with Gasteiger partial charge in [0.1, 0.15) is 11.6 Å². The Balaban J connectivity index is 1.81. The first-order valence-corrected chi connectivity index (χ1v) is 8.31. The molecule has 1 aliphatic heterocycles. The second-order valence-corrected chi connectivity index (χ2v) is 6.42. The second-order valence-electron chi connectivity index (χ2n) is 6.42. The summed E-state index contributed by atoms with van der Waals surface area (Å²) in [6, 6.07) is 4.69. The molecule has 2 aliphatic rings. The van der Waals surface area contributed by atoms with Crippen molar-refractivity contribution in [2.75, 3.05) is 6.61 Å². The lowest BCUT2D eigenvalue weighted by atomic mass is 9.87. The standard InChI is InChI=1S/C17H18F4N2O3/c18-11-6-8-12(9-7-11)26-10-15(24)23-16(25,17(19,20)21)13-4-2-1-3-5-14(13)22-23/h6-9,13,25H,1-5,10H2/t13-,16-/m0/s1. The van der Waals surface area contributed by atoms with E-state index in [1.54, 1.807) is 0 Å². The molecular formula is C17H18F4N2O3. The molecule has 1 aromatic carbocycles.